The third kappa shape index (κ3) is 4.67. The second kappa shape index (κ2) is 10.3. The number of methoxy groups -OCH3 is 1. The number of ether oxygens (including phenoxy) is 2. The number of carbonyl (C=O) groups is 2. The maximum absolute atomic E-state index is 14.8. The number of nitrogens with zero attached hydrogens (tertiary/aromatic N) is 2. The van der Waals surface area contributed by atoms with Crippen LogP contribution >= 0.6 is 0 Å². The van der Waals surface area contributed by atoms with Gasteiger partial charge < -0.3 is 19.5 Å². The van der Waals surface area contributed by atoms with Gasteiger partial charge in [-0.15, -0.1) is 0 Å². The van der Waals surface area contributed by atoms with Crippen LogP contribution in [0.3, 0.4) is 0 Å². The number of aliphatic hydroxyl groups is 1. The molecule has 0 aromatic heterocycles. The number of morpholine rings is 1. The highest BCUT2D eigenvalue weighted by atomic mass is 19.1. The number of hydrogen-bond donors (Lipinski definition) is 1. The van der Waals surface area contributed by atoms with E-state index in [1.165, 1.54) is 42.3 Å². The molecule has 0 unspecified atom stereocenters. The molecule has 0 bridgehead atoms. The van der Waals surface area contributed by atoms with Crippen molar-refractivity contribution >= 4 is 17.4 Å². The van der Waals surface area contributed by atoms with Crippen molar-refractivity contribution in [2.24, 2.45) is 0 Å². The second-order valence-corrected chi connectivity index (χ2v) is 8.17. The Kier molecular flexibility index (Phi) is 7.23. The molecule has 2 saturated heterocycles. The number of likely N-dealkylation sites (tertiary alicyclic amines) is 1. The maximum Gasteiger partial charge on any atom is 0.295 e. The Balaban J connectivity index is 1.70. The first-order chi connectivity index (χ1) is 16.4. The minimum absolute atomic E-state index is 0.00837. The minimum Gasteiger partial charge on any atom is -0.507 e. The SMILES string of the molecule is COc1ccc(C(O)=C2C(=O)C(=O)N(CCCN3CCOCC3)[C@H]2c2ccccc2F)cc1F. The van der Waals surface area contributed by atoms with E-state index in [4.69, 9.17) is 9.47 Å². The summed E-state index contributed by atoms with van der Waals surface area (Å²) in [4.78, 5) is 29.5. The first-order valence-corrected chi connectivity index (χ1v) is 11.1. The Bertz CT molecular complexity index is 1110. The van der Waals surface area contributed by atoms with E-state index < -0.39 is 35.1 Å². The van der Waals surface area contributed by atoms with Gasteiger partial charge in [0.05, 0.1) is 31.9 Å². The topological polar surface area (TPSA) is 79.3 Å². The van der Waals surface area contributed by atoms with Crippen LogP contribution in [0.15, 0.2) is 48.0 Å². The zero-order chi connectivity index (χ0) is 24.2. The highest BCUT2D eigenvalue weighted by Crippen LogP contribution is 2.40. The van der Waals surface area contributed by atoms with Crippen molar-refractivity contribution in [2.45, 2.75) is 12.5 Å². The summed E-state index contributed by atoms with van der Waals surface area (Å²) in [5, 5.41) is 11.0. The Morgan fingerprint density at radius 1 is 1.09 bits per heavy atom. The van der Waals surface area contributed by atoms with E-state index in [9.17, 15) is 23.5 Å². The number of ketones is 1. The molecule has 2 aromatic rings. The molecule has 1 amide bonds. The number of halogens is 2. The van der Waals surface area contributed by atoms with Crippen molar-refractivity contribution in [3.8, 4) is 5.75 Å². The molecular formula is C25H26F2N2O5. The summed E-state index contributed by atoms with van der Waals surface area (Å²) in [7, 11) is 1.30. The number of Topliss-reactive ketones (excluding diaryl/α,β-unsaturated/α-hetero) is 1. The molecule has 9 heteroatoms. The lowest BCUT2D eigenvalue weighted by Gasteiger charge is -2.29. The molecule has 4 rings (SSSR count). The zero-order valence-electron chi connectivity index (χ0n) is 18.8. The van der Waals surface area contributed by atoms with Crippen LogP contribution in [0.2, 0.25) is 0 Å². The molecule has 2 fully saturated rings. The third-order valence-electron chi connectivity index (χ3n) is 6.14. The van der Waals surface area contributed by atoms with Gasteiger partial charge in [0, 0.05) is 37.3 Å². The molecule has 0 radical (unpaired) electrons. The van der Waals surface area contributed by atoms with Gasteiger partial charge in [0.15, 0.2) is 11.6 Å². The van der Waals surface area contributed by atoms with Crippen molar-refractivity contribution in [2.75, 3.05) is 46.5 Å². The van der Waals surface area contributed by atoms with Gasteiger partial charge in [-0.2, -0.15) is 0 Å². The summed E-state index contributed by atoms with van der Waals surface area (Å²) in [6, 6.07) is 8.37. The summed E-state index contributed by atoms with van der Waals surface area (Å²) in [6.45, 7) is 3.70. The van der Waals surface area contributed by atoms with Gasteiger partial charge in [-0.1, -0.05) is 18.2 Å². The predicted octanol–water partition coefficient (Wildman–Crippen LogP) is 3.12. The first kappa shape index (κ1) is 23.8. The standard InChI is InChI=1S/C25H26F2N2O5/c1-33-20-8-7-16(15-19(20)27)23(30)21-22(17-5-2-3-6-18(17)26)29(25(32)24(21)31)10-4-9-28-11-13-34-14-12-28/h2-3,5-8,15,22,30H,4,9-14H2,1H3/t22-/m0/s1. The molecule has 7 nitrogen and oxygen atoms in total. The molecule has 1 atom stereocenters. The Morgan fingerprint density at radius 2 is 1.82 bits per heavy atom. The molecular weight excluding hydrogens is 446 g/mol. The van der Waals surface area contributed by atoms with Crippen LogP contribution in [0.25, 0.3) is 5.76 Å². The van der Waals surface area contributed by atoms with E-state index in [0.29, 0.717) is 26.2 Å². The molecule has 2 aliphatic rings. The van der Waals surface area contributed by atoms with Crippen molar-refractivity contribution in [1.82, 2.24) is 9.80 Å². The monoisotopic (exact) mass is 472 g/mol. The summed E-state index contributed by atoms with van der Waals surface area (Å²) in [5.74, 6) is -3.72. The van der Waals surface area contributed by atoms with E-state index >= 15 is 0 Å². The lowest BCUT2D eigenvalue weighted by atomic mass is 9.94. The van der Waals surface area contributed by atoms with E-state index in [2.05, 4.69) is 4.90 Å². The van der Waals surface area contributed by atoms with Gasteiger partial charge in [0.25, 0.3) is 11.7 Å². The molecule has 2 aromatic carbocycles. The van der Waals surface area contributed by atoms with Crippen molar-refractivity contribution in [1.29, 1.82) is 0 Å². The van der Waals surface area contributed by atoms with Crippen molar-refractivity contribution in [3.05, 3.63) is 70.8 Å². The van der Waals surface area contributed by atoms with Gasteiger partial charge in [-0.05, 0) is 30.7 Å². The molecule has 2 aliphatic heterocycles. The second-order valence-electron chi connectivity index (χ2n) is 8.17. The Hall–Kier alpha value is -3.30. The van der Waals surface area contributed by atoms with Gasteiger partial charge in [-0.3, -0.25) is 14.5 Å². The predicted molar refractivity (Wildman–Crippen MR) is 120 cm³/mol. The number of benzene rings is 2. The normalized spacial score (nSPS) is 20.7. The van der Waals surface area contributed by atoms with Crippen LogP contribution in [-0.4, -0.2) is 73.1 Å². The van der Waals surface area contributed by atoms with Gasteiger partial charge in [-0.25, -0.2) is 8.78 Å². The van der Waals surface area contributed by atoms with Crippen molar-refractivity contribution in [3.63, 3.8) is 0 Å². The first-order valence-electron chi connectivity index (χ1n) is 11.1. The maximum atomic E-state index is 14.8. The molecule has 180 valence electrons. The zero-order valence-corrected chi connectivity index (χ0v) is 18.8. The molecule has 1 N–H and O–H groups in total. The van der Waals surface area contributed by atoms with E-state index in [1.807, 2.05) is 0 Å². The summed E-state index contributed by atoms with van der Waals surface area (Å²) >= 11 is 0. The van der Waals surface area contributed by atoms with Crippen LogP contribution in [0.1, 0.15) is 23.6 Å². The summed E-state index contributed by atoms with van der Waals surface area (Å²) in [6.07, 6.45) is 0.551. The molecule has 0 saturated carbocycles. The smallest absolute Gasteiger partial charge is 0.295 e. The summed E-state index contributed by atoms with van der Waals surface area (Å²) < 4.78 is 39.4. The molecule has 0 aliphatic carbocycles. The quantitative estimate of drug-likeness (QED) is 0.379. The van der Waals surface area contributed by atoms with E-state index in [-0.39, 0.29) is 29.0 Å². The largest absolute Gasteiger partial charge is 0.507 e. The minimum atomic E-state index is -1.13. The number of rotatable bonds is 7. The Labute approximate surface area is 196 Å². The van der Waals surface area contributed by atoms with Crippen LogP contribution in [0.5, 0.6) is 5.75 Å². The highest BCUT2D eigenvalue weighted by molar-refractivity contribution is 6.46. The van der Waals surface area contributed by atoms with E-state index in [1.54, 1.807) is 6.07 Å². The lowest BCUT2D eigenvalue weighted by molar-refractivity contribution is -0.140. The number of amides is 1. The molecule has 34 heavy (non-hydrogen) atoms. The number of aliphatic hydroxyl groups excluding tert-OH is 1. The van der Waals surface area contributed by atoms with Crippen LogP contribution in [0, 0.1) is 11.6 Å². The van der Waals surface area contributed by atoms with Crippen LogP contribution in [-0.2, 0) is 14.3 Å². The fraction of sp³-hybridized carbons (Fsp3) is 0.360. The fourth-order valence-electron chi connectivity index (χ4n) is 4.39. The average Bonchev–Trinajstić information content (AvgIpc) is 3.09. The lowest BCUT2D eigenvalue weighted by Crippen LogP contribution is -2.39. The number of carbonyl (C=O) groups excluding carboxylic acids is 2. The molecule has 2 heterocycles. The van der Waals surface area contributed by atoms with Gasteiger partial charge in [0.2, 0.25) is 0 Å². The van der Waals surface area contributed by atoms with Crippen molar-refractivity contribution < 1.29 is 33.0 Å². The Morgan fingerprint density at radius 3 is 2.50 bits per heavy atom. The van der Waals surface area contributed by atoms with E-state index in [0.717, 1.165) is 19.2 Å². The average molecular weight is 472 g/mol. The summed E-state index contributed by atoms with van der Waals surface area (Å²) in [5.41, 5.74) is -0.194. The third-order valence-corrected chi connectivity index (χ3v) is 6.14. The fourth-order valence-corrected chi connectivity index (χ4v) is 4.39. The van der Waals surface area contributed by atoms with Crippen LogP contribution in [0.4, 0.5) is 8.78 Å². The molecule has 0 spiro atoms. The number of hydrogen-bond acceptors (Lipinski definition) is 6. The highest BCUT2D eigenvalue weighted by Gasteiger charge is 2.46. The van der Waals surface area contributed by atoms with Crippen LogP contribution < -0.4 is 4.74 Å². The van der Waals surface area contributed by atoms with Gasteiger partial charge in [0.1, 0.15) is 11.6 Å². The van der Waals surface area contributed by atoms with Gasteiger partial charge >= 0.3 is 0 Å².